The minimum atomic E-state index is 0.532. The maximum atomic E-state index is 4.79. The van der Waals surface area contributed by atoms with Crippen LogP contribution in [-0.2, 0) is 4.18 Å². The zero-order valence-corrected chi connectivity index (χ0v) is 4.07. The fraction of sp³-hybridized carbons (Fsp3) is 0.667. The Morgan fingerprint density at radius 3 is 3.00 bits per heavy atom. The summed E-state index contributed by atoms with van der Waals surface area (Å²) in [6.07, 6.45) is 1.86. The van der Waals surface area contributed by atoms with E-state index in [0.717, 1.165) is 5.75 Å². The Balaban J connectivity index is 2.26. The van der Waals surface area contributed by atoms with Crippen LogP contribution in [0.25, 0.3) is 0 Å². The monoisotopic (exact) mass is 103 g/mol. The summed E-state index contributed by atoms with van der Waals surface area (Å²) in [6.45, 7) is 0.532. The smallest absolute Gasteiger partial charge is 0.247 e. The lowest BCUT2D eigenvalue weighted by Crippen LogP contribution is -2.04. The highest BCUT2D eigenvalue weighted by Gasteiger charge is 2.00. The van der Waals surface area contributed by atoms with Crippen molar-refractivity contribution in [3.8, 4) is 0 Å². The zero-order valence-electron chi connectivity index (χ0n) is 3.26. The second kappa shape index (κ2) is 2.21. The molecule has 3 heteroatoms. The van der Waals surface area contributed by atoms with Gasteiger partial charge in [0.15, 0.2) is 0 Å². The minimum absolute atomic E-state index is 0.532. The van der Waals surface area contributed by atoms with Gasteiger partial charge in [0, 0.05) is 17.0 Å². The van der Waals surface area contributed by atoms with E-state index in [2.05, 4.69) is 4.99 Å². The van der Waals surface area contributed by atoms with Crippen molar-refractivity contribution in [2.45, 2.75) is 0 Å². The lowest BCUT2D eigenvalue weighted by molar-refractivity contribution is 0.368. The third-order valence-corrected chi connectivity index (χ3v) is 1.04. The summed E-state index contributed by atoms with van der Waals surface area (Å²) >= 11 is 1.45. The first-order valence-electron chi connectivity index (χ1n) is 1.73. The van der Waals surface area contributed by atoms with Gasteiger partial charge in [-0.2, -0.15) is 0 Å². The summed E-state index contributed by atoms with van der Waals surface area (Å²) < 4.78 is 4.79. The number of hydrogen-bond donors (Lipinski definition) is 0. The predicted molar refractivity (Wildman–Crippen MR) is 26.6 cm³/mol. The molecule has 0 unspecified atom stereocenters. The number of rotatable bonds is 0. The topological polar surface area (TPSA) is 23.3 Å². The van der Waals surface area contributed by atoms with Crippen LogP contribution in [0.1, 0.15) is 0 Å². The van der Waals surface area contributed by atoms with Crippen LogP contribution in [0.2, 0.25) is 0 Å². The van der Waals surface area contributed by atoms with Gasteiger partial charge in [0.1, 0.15) is 5.75 Å². The maximum absolute atomic E-state index is 4.79. The largest absolute Gasteiger partial charge is 0.323 e. The van der Waals surface area contributed by atoms with Gasteiger partial charge in [0.05, 0.1) is 0 Å². The quantitative estimate of drug-likeness (QED) is 0.404. The molecule has 1 heterocycles. The van der Waals surface area contributed by atoms with E-state index in [1.165, 1.54) is 12.0 Å². The van der Waals surface area contributed by atoms with Crippen LogP contribution in [0.3, 0.4) is 0 Å². The highest BCUT2D eigenvalue weighted by atomic mass is 32.2. The van der Waals surface area contributed by atoms with Crippen molar-refractivity contribution in [2.75, 3.05) is 12.5 Å². The molecule has 1 aliphatic heterocycles. The molecule has 0 atom stereocenters. The SMILES string of the molecule is C1=[N+]COSC1. The standard InChI is InChI=1S/C3H5NOS/c1-2-6-5-3-4-1/h1H,2-3H2/q+1. The van der Waals surface area contributed by atoms with Crippen molar-refractivity contribution in [1.82, 2.24) is 4.99 Å². The van der Waals surface area contributed by atoms with Crippen LogP contribution >= 0.6 is 12.0 Å². The molecule has 0 amide bonds. The molecule has 0 aromatic rings. The molecule has 2 nitrogen and oxygen atoms in total. The number of aliphatic imine (C=N–C) groups is 1. The lowest BCUT2D eigenvalue weighted by Gasteiger charge is -1.88. The third-order valence-electron chi connectivity index (χ3n) is 0.482. The van der Waals surface area contributed by atoms with Gasteiger partial charge < -0.3 is 0 Å². The van der Waals surface area contributed by atoms with Crippen LogP contribution in [0.5, 0.6) is 0 Å². The molecule has 1 aliphatic rings. The van der Waals surface area contributed by atoms with Crippen LogP contribution in [0.4, 0.5) is 0 Å². The molecule has 33 valence electrons. The van der Waals surface area contributed by atoms with Gasteiger partial charge >= 0.3 is 6.73 Å². The summed E-state index contributed by atoms with van der Waals surface area (Å²) in [5.74, 6) is 0.903. The molecular weight excluding hydrogens is 98.1 g/mol. The van der Waals surface area contributed by atoms with Gasteiger partial charge in [-0.1, -0.05) is 0 Å². The Labute approximate surface area is 40.8 Å². The summed E-state index contributed by atoms with van der Waals surface area (Å²) in [6, 6.07) is 0. The van der Waals surface area contributed by atoms with Crippen molar-refractivity contribution in [1.29, 1.82) is 0 Å². The Morgan fingerprint density at radius 2 is 2.83 bits per heavy atom. The highest BCUT2D eigenvalue weighted by Crippen LogP contribution is 1.99. The molecule has 0 N–H and O–H groups in total. The zero-order chi connectivity index (χ0) is 4.24. The van der Waals surface area contributed by atoms with Gasteiger partial charge in [0.2, 0.25) is 6.21 Å². The average molecular weight is 103 g/mol. The van der Waals surface area contributed by atoms with Crippen molar-refractivity contribution >= 4 is 18.3 Å². The summed E-state index contributed by atoms with van der Waals surface area (Å²) in [5.41, 5.74) is 0. The Kier molecular flexibility index (Phi) is 1.52. The second-order valence-corrected chi connectivity index (χ2v) is 1.70. The Hall–Kier alpha value is -0.0200. The Bertz CT molecular complexity index is 55.8. The molecule has 0 aliphatic carbocycles. The number of nitrogens with zero attached hydrogens (tertiary/aromatic N) is 1. The highest BCUT2D eigenvalue weighted by molar-refractivity contribution is 7.95. The van der Waals surface area contributed by atoms with Crippen LogP contribution in [0, 0.1) is 0 Å². The molecule has 0 fully saturated rings. The molecule has 0 bridgehead atoms. The van der Waals surface area contributed by atoms with E-state index in [1.54, 1.807) is 0 Å². The fourth-order valence-corrected chi connectivity index (χ4v) is 0.650. The van der Waals surface area contributed by atoms with E-state index in [-0.39, 0.29) is 0 Å². The minimum Gasteiger partial charge on any atom is -0.247 e. The lowest BCUT2D eigenvalue weighted by atomic mass is 10.9. The summed E-state index contributed by atoms with van der Waals surface area (Å²) in [4.78, 5) is 3.81. The van der Waals surface area contributed by atoms with Gasteiger partial charge in [-0.25, -0.2) is 4.18 Å². The molecular formula is C3H5NOS+. The number of hydrogen-bond acceptors (Lipinski definition) is 3. The van der Waals surface area contributed by atoms with E-state index < -0.39 is 0 Å². The molecule has 0 aromatic heterocycles. The van der Waals surface area contributed by atoms with Gasteiger partial charge in [0.25, 0.3) is 0 Å². The van der Waals surface area contributed by atoms with E-state index in [9.17, 15) is 0 Å². The van der Waals surface area contributed by atoms with E-state index in [4.69, 9.17) is 4.18 Å². The van der Waals surface area contributed by atoms with Gasteiger partial charge in [-0.05, 0) is 0 Å². The Morgan fingerprint density at radius 1 is 1.83 bits per heavy atom. The van der Waals surface area contributed by atoms with Crippen molar-refractivity contribution in [3.63, 3.8) is 0 Å². The van der Waals surface area contributed by atoms with E-state index in [0.29, 0.717) is 6.73 Å². The van der Waals surface area contributed by atoms with Crippen molar-refractivity contribution in [2.24, 2.45) is 0 Å². The maximum Gasteiger partial charge on any atom is 0.323 e. The van der Waals surface area contributed by atoms with Crippen LogP contribution in [0.15, 0.2) is 0 Å². The van der Waals surface area contributed by atoms with E-state index >= 15 is 0 Å². The van der Waals surface area contributed by atoms with E-state index in [1.807, 2.05) is 6.21 Å². The molecule has 6 heavy (non-hydrogen) atoms. The molecule has 1 rings (SSSR count). The predicted octanol–water partition coefficient (Wildman–Crippen LogP) is 0.0289. The van der Waals surface area contributed by atoms with Gasteiger partial charge in [-0.3, -0.25) is 0 Å². The normalized spacial score (nSPS) is 21.3. The summed E-state index contributed by atoms with van der Waals surface area (Å²) in [5, 5.41) is 0. The second-order valence-electron chi connectivity index (χ2n) is 0.897. The van der Waals surface area contributed by atoms with Crippen molar-refractivity contribution < 1.29 is 4.18 Å². The molecule has 0 aromatic carbocycles. The fourth-order valence-electron chi connectivity index (χ4n) is 0.252. The molecule has 1 radical (unpaired) electrons. The van der Waals surface area contributed by atoms with Crippen molar-refractivity contribution in [3.05, 3.63) is 0 Å². The van der Waals surface area contributed by atoms with Crippen LogP contribution < -0.4 is 4.99 Å². The first kappa shape index (κ1) is 4.15. The van der Waals surface area contributed by atoms with Crippen LogP contribution in [-0.4, -0.2) is 18.7 Å². The first-order chi connectivity index (χ1) is 3.00. The average Bonchev–Trinajstić information content (AvgIpc) is 1.72. The molecule has 0 spiro atoms. The molecule has 0 saturated heterocycles. The third kappa shape index (κ3) is 0.988. The first-order valence-corrected chi connectivity index (χ1v) is 2.64. The van der Waals surface area contributed by atoms with Gasteiger partial charge in [-0.15, -0.1) is 0 Å². The summed E-state index contributed by atoms with van der Waals surface area (Å²) in [7, 11) is 0. The molecule has 0 saturated carbocycles.